The van der Waals surface area contributed by atoms with Crippen molar-refractivity contribution < 1.29 is 14.3 Å². The molecule has 0 radical (unpaired) electrons. The van der Waals surface area contributed by atoms with E-state index in [2.05, 4.69) is 15.3 Å². The smallest absolute Gasteiger partial charge is 0.412 e. The molecule has 0 aliphatic rings. The van der Waals surface area contributed by atoms with Crippen molar-refractivity contribution in [2.45, 2.75) is 33.3 Å². The number of amides is 1. The highest BCUT2D eigenvalue weighted by Gasteiger charge is 2.16. The number of ketones is 1. The number of aromatic nitrogens is 2. The molecule has 0 spiro atoms. The van der Waals surface area contributed by atoms with E-state index in [9.17, 15) is 9.59 Å². The molecule has 1 aromatic rings. The van der Waals surface area contributed by atoms with Crippen LogP contribution in [0.5, 0.6) is 0 Å². The van der Waals surface area contributed by atoms with Gasteiger partial charge in [0.05, 0.1) is 18.1 Å². The van der Waals surface area contributed by atoms with Crippen molar-refractivity contribution >= 4 is 17.6 Å². The molecule has 6 heteroatoms. The Labute approximate surface area is 99.4 Å². The average molecular weight is 237 g/mol. The predicted molar refractivity (Wildman–Crippen MR) is 61.9 cm³/mol. The Kier molecular flexibility index (Phi) is 3.77. The fourth-order valence-corrected chi connectivity index (χ4v) is 0.996. The van der Waals surface area contributed by atoms with E-state index in [4.69, 9.17) is 4.74 Å². The van der Waals surface area contributed by atoms with Crippen molar-refractivity contribution in [3.63, 3.8) is 0 Å². The molecule has 0 atom stereocenters. The Morgan fingerprint density at radius 1 is 1.24 bits per heavy atom. The summed E-state index contributed by atoms with van der Waals surface area (Å²) >= 11 is 0. The monoisotopic (exact) mass is 237 g/mol. The summed E-state index contributed by atoms with van der Waals surface area (Å²) in [6, 6.07) is 0. The maximum Gasteiger partial charge on any atom is 0.412 e. The number of anilines is 1. The van der Waals surface area contributed by atoms with Crippen LogP contribution >= 0.6 is 0 Å². The Bertz CT molecular complexity index is 421. The summed E-state index contributed by atoms with van der Waals surface area (Å²) < 4.78 is 5.05. The zero-order valence-electron chi connectivity index (χ0n) is 10.3. The highest BCUT2D eigenvalue weighted by Crippen LogP contribution is 2.10. The molecule has 0 saturated heterocycles. The summed E-state index contributed by atoms with van der Waals surface area (Å²) in [4.78, 5) is 29.9. The number of nitrogens with zero attached hydrogens (tertiary/aromatic N) is 2. The maximum atomic E-state index is 11.4. The zero-order chi connectivity index (χ0) is 13.1. The Morgan fingerprint density at radius 3 is 2.18 bits per heavy atom. The van der Waals surface area contributed by atoms with Gasteiger partial charge in [-0.15, -0.1) is 0 Å². The molecule has 0 aliphatic carbocycles. The van der Waals surface area contributed by atoms with E-state index in [-0.39, 0.29) is 11.6 Å². The van der Waals surface area contributed by atoms with E-state index in [1.807, 2.05) is 0 Å². The molecule has 1 aromatic heterocycles. The fourth-order valence-electron chi connectivity index (χ4n) is 0.996. The summed E-state index contributed by atoms with van der Waals surface area (Å²) in [5.41, 5.74) is -0.186. The first-order valence-corrected chi connectivity index (χ1v) is 5.11. The molecule has 17 heavy (non-hydrogen) atoms. The van der Waals surface area contributed by atoms with Gasteiger partial charge in [-0.2, -0.15) is 0 Å². The van der Waals surface area contributed by atoms with Gasteiger partial charge in [-0.05, 0) is 20.8 Å². The first-order chi connectivity index (χ1) is 7.78. The topological polar surface area (TPSA) is 81.2 Å². The van der Waals surface area contributed by atoms with Gasteiger partial charge in [0.1, 0.15) is 5.60 Å². The highest BCUT2D eigenvalue weighted by molar-refractivity contribution is 5.90. The summed E-state index contributed by atoms with van der Waals surface area (Å²) in [5.74, 6) is -0.117. The van der Waals surface area contributed by atoms with Crippen LogP contribution in [0.2, 0.25) is 0 Å². The van der Waals surface area contributed by atoms with Crippen LogP contribution in [-0.4, -0.2) is 27.4 Å². The molecule has 0 saturated carbocycles. The molecule has 0 fully saturated rings. The van der Waals surface area contributed by atoms with E-state index >= 15 is 0 Å². The summed E-state index contributed by atoms with van der Waals surface area (Å²) in [5, 5.41) is 2.47. The molecule has 1 heterocycles. The van der Waals surface area contributed by atoms with Crippen LogP contribution in [0.15, 0.2) is 12.4 Å². The normalized spacial score (nSPS) is 10.8. The second-order valence-corrected chi connectivity index (χ2v) is 4.48. The summed E-state index contributed by atoms with van der Waals surface area (Å²) in [7, 11) is 0. The first-order valence-electron chi connectivity index (χ1n) is 5.11. The third-order valence-electron chi connectivity index (χ3n) is 1.61. The standard InChI is InChI=1S/C11H15N3O3/c1-7(15)9-12-5-8(6-13-9)14-10(16)17-11(2,3)4/h5-6H,1-4H3,(H,14,16). The number of ether oxygens (including phenoxy) is 1. The Balaban J connectivity index is 2.64. The number of rotatable bonds is 2. The number of nitrogens with one attached hydrogen (secondary N) is 1. The van der Waals surface area contributed by atoms with Crippen LogP contribution < -0.4 is 5.32 Å². The minimum absolute atomic E-state index is 0.111. The van der Waals surface area contributed by atoms with Crippen LogP contribution in [0, 0.1) is 0 Å². The minimum atomic E-state index is -0.586. The lowest BCUT2D eigenvalue weighted by Crippen LogP contribution is -2.27. The number of hydrogen-bond acceptors (Lipinski definition) is 5. The molecule has 6 nitrogen and oxygen atoms in total. The number of hydrogen-bond donors (Lipinski definition) is 1. The van der Waals surface area contributed by atoms with E-state index in [0.29, 0.717) is 5.69 Å². The van der Waals surface area contributed by atoms with Crippen molar-refractivity contribution in [1.82, 2.24) is 9.97 Å². The quantitative estimate of drug-likeness (QED) is 0.796. The van der Waals surface area contributed by atoms with E-state index < -0.39 is 11.7 Å². The molecular weight excluding hydrogens is 222 g/mol. The number of Topliss-reactive ketones (excluding diaryl/α,β-unsaturated/α-hetero) is 1. The maximum absolute atomic E-state index is 11.4. The summed E-state index contributed by atoms with van der Waals surface area (Å²) in [6.45, 7) is 6.67. The number of carbonyl (C=O) groups is 2. The van der Waals surface area contributed by atoms with Crippen LogP contribution in [0.3, 0.4) is 0 Å². The van der Waals surface area contributed by atoms with Gasteiger partial charge in [0.2, 0.25) is 0 Å². The average Bonchev–Trinajstić information content (AvgIpc) is 2.15. The van der Waals surface area contributed by atoms with Gasteiger partial charge in [0, 0.05) is 6.92 Å². The lowest BCUT2D eigenvalue weighted by molar-refractivity contribution is 0.0635. The Hall–Kier alpha value is -1.98. The van der Waals surface area contributed by atoms with Crippen molar-refractivity contribution in [3.05, 3.63) is 18.2 Å². The van der Waals surface area contributed by atoms with Crippen molar-refractivity contribution in [2.75, 3.05) is 5.32 Å². The SMILES string of the molecule is CC(=O)c1ncc(NC(=O)OC(C)(C)C)cn1. The molecule has 0 bridgehead atoms. The van der Waals surface area contributed by atoms with Gasteiger partial charge in [0.15, 0.2) is 11.6 Å². The molecule has 1 N–H and O–H groups in total. The van der Waals surface area contributed by atoms with Gasteiger partial charge in [-0.3, -0.25) is 10.1 Å². The van der Waals surface area contributed by atoms with Gasteiger partial charge in [-0.25, -0.2) is 14.8 Å². The molecule has 0 aliphatic heterocycles. The van der Waals surface area contributed by atoms with Crippen LogP contribution in [0.4, 0.5) is 10.5 Å². The first kappa shape index (κ1) is 13.1. The third-order valence-corrected chi connectivity index (χ3v) is 1.61. The zero-order valence-corrected chi connectivity index (χ0v) is 10.3. The van der Waals surface area contributed by atoms with E-state index in [1.165, 1.54) is 19.3 Å². The minimum Gasteiger partial charge on any atom is -0.444 e. The molecule has 1 amide bonds. The molecule has 92 valence electrons. The van der Waals surface area contributed by atoms with Crippen molar-refractivity contribution in [1.29, 1.82) is 0 Å². The van der Waals surface area contributed by atoms with Gasteiger partial charge in [-0.1, -0.05) is 0 Å². The van der Waals surface area contributed by atoms with Gasteiger partial charge < -0.3 is 4.74 Å². The highest BCUT2D eigenvalue weighted by atomic mass is 16.6. The van der Waals surface area contributed by atoms with Gasteiger partial charge >= 0.3 is 6.09 Å². The lowest BCUT2D eigenvalue weighted by atomic mass is 10.2. The third kappa shape index (κ3) is 4.58. The molecule has 1 rings (SSSR count). The Morgan fingerprint density at radius 2 is 1.76 bits per heavy atom. The van der Waals surface area contributed by atoms with Crippen LogP contribution in [0.25, 0.3) is 0 Å². The lowest BCUT2D eigenvalue weighted by Gasteiger charge is -2.19. The second-order valence-electron chi connectivity index (χ2n) is 4.48. The van der Waals surface area contributed by atoms with Crippen LogP contribution in [0.1, 0.15) is 38.3 Å². The van der Waals surface area contributed by atoms with E-state index in [0.717, 1.165) is 0 Å². The van der Waals surface area contributed by atoms with Crippen LogP contribution in [-0.2, 0) is 4.74 Å². The van der Waals surface area contributed by atoms with Crippen molar-refractivity contribution in [2.24, 2.45) is 0 Å². The van der Waals surface area contributed by atoms with Crippen molar-refractivity contribution in [3.8, 4) is 0 Å². The van der Waals surface area contributed by atoms with Gasteiger partial charge in [0.25, 0.3) is 0 Å². The predicted octanol–water partition coefficient (Wildman–Crippen LogP) is 2.03. The second kappa shape index (κ2) is 4.90. The molecule has 0 unspecified atom stereocenters. The molecular formula is C11H15N3O3. The largest absolute Gasteiger partial charge is 0.444 e. The summed E-state index contributed by atoms with van der Waals surface area (Å²) in [6.07, 6.45) is 2.12. The fraction of sp³-hybridized carbons (Fsp3) is 0.455. The number of carbonyl (C=O) groups excluding carboxylic acids is 2. The molecule has 0 aromatic carbocycles. The van der Waals surface area contributed by atoms with E-state index in [1.54, 1.807) is 20.8 Å².